The largest absolute Gasteiger partial charge is 0.288 e. The standard InChI is InChI=1S/C17H13BrOS/c1-10-7-8-14(13-6-4-3-5-12(10)13)16(19)15-9-11(2)17(18)20-15/h3-9H,1-2H3. The molecule has 0 N–H and O–H groups in total. The first-order valence-corrected chi connectivity index (χ1v) is 7.98. The van der Waals surface area contributed by atoms with Gasteiger partial charge in [-0.15, -0.1) is 11.3 Å². The SMILES string of the molecule is Cc1cc(C(=O)c2ccc(C)c3ccccc23)sc1Br. The van der Waals surface area contributed by atoms with Crippen LogP contribution < -0.4 is 0 Å². The van der Waals surface area contributed by atoms with E-state index < -0.39 is 0 Å². The zero-order chi connectivity index (χ0) is 14.3. The first-order chi connectivity index (χ1) is 9.58. The van der Waals surface area contributed by atoms with Crippen LogP contribution in [-0.4, -0.2) is 5.78 Å². The highest BCUT2D eigenvalue weighted by atomic mass is 79.9. The highest BCUT2D eigenvalue weighted by Crippen LogP contribution is 2.31. The maximum atomic E-state index is 12.7. The average molecular weight is 345 g/mol. The van der Waals surface area contributed by atoms with Crippen molar-refractivity contribution in [1.29, 1.82) is 0 Å². The van der Waals surface area contributed by atoms with Crippen molar-refractivity contribution >= 4 is 43.8 Å². The zero-order valence-corrected chi connectivity index (χ0v) is 13.6. The average Bonchev–Trinajstić information content (AvgIpc) is 2.79. The summed E-state index contributed by atoms with van der Waals surface area (Å²) in [6.45, 7) is 4.08. The lowest BCUT2D eigenvalue weighted by atomic mass is 9.97. The minimum Gasteiger partial charge on any atom is -0.288 e. The molecule has 0 saturated carbocycles. The van der Waals surface area contributed by atoms with Crippen molar-refractivity contribution in [2.24, 2.45) is 0 Å². The summed E-state index contributed by atoms with van der Waals surface area (Å²) >= 11 is 4.98. The van der Waals surface area contributed by atoms with Gasteiger partial charge in [-0.2, -0.15) is 0 Å². The van der Waals surface area contributed by atoms with Gasteiger partial charge in [0, 0.05) is 5.56 Å². The van der Waals surface area contributed by atoms with E-state index in [1.54, 1.807) is 0 Å². The van der Waals surface area contributed by atoms with Crippen LogP contribution in [0.15, 0.2) is 46.3 Å². The first-order valence-electron chi connectivity index (χ1n) is 6.37. The summed E-state index contributed by atoms with van der Waals surface area (Å²) in [6, 6.07) is 14.0. The van der Waals surface area contributed by atoms with Crippen molar-refractivity contribution < 1.29 is 4.79 Å². The fourth-order valence-corrected chi connectivity index (χ4v) is 3.84. The number of fused-ring (bicyclic) bond motifs is 1. The van der Waals surface area contributed by atoms with Crippen LogP contribution in [0.4, 0.5) is 0 Å². The number of ketones is 1. The topological polar surface area (TPSA) is 17.1 Å². The minimum atomic E-state index is 0.0972. The second-order valence-electron chi connectivity index (χ2n) is 4.87. The van der Waals surface area contributed by atoms with Gasteiger partial charge in [0.1, 0.15) is 0 Å². The van der Waals surface area contributed by atoms with Crippen molar-refractivity contribution in [3.05, 3.63) is 67.8 Å². The Bertz CT molecular complexity index is 797. The van der Waals surface area contributed by atoms with Gasteiger partial charge in [0.05, 0.1) is 8.66 Å². The Morgan fingerprint density at radius 3 is 2.35 bits per heavy atom. The lowest BCUT2D eigenvalue weighted by Gasteiger charge is -2.07. The van der Waals surface area contributed by atoms with Crippen LogP contribution in [0.3, 0.4) is 0 Å². The third-order valence-electron chi connectivity index (χ3n) is 3.47. The van der Waals surface area contributed by atoms with Gasteiger partial charge in [-0.1, -0.05) is 36.4 Å². The van der Waals surface area contributed by atoms with Gasteiger partial charge >= 0.3 is 0 Å². The van der Waals surface area contributed by atoms with E-state index in [1.165, 1.54) is 16.9 Å². The normalized spacial score (nSPS) is 10.9. The molecule has 0 aliphatic rings. The van der Waals surface area contributed by atoms with E-state index in [0.29, 0.717) is 0 Å². The molecule has 0 aliphatic carbocycles. The zero-order valence-electron chi connectivity index (χ0n) is 11.2. The molecule has 1 aromatic heterocycles. The van der Waals surface area contributed by atoms with Crippen molar-refractivity contribution in [1.82, 2.24) is 0 Å². The number of carbonyl (C=O) groups is 1. The van der Waals surface area contributed by atoms with E-state index in [9.17, 15) is 4.79 Å². The Kier molecular flexibility index (Phi) is 3.48. The van der Waals surface area contributed by atoms with Crippen LogP contribution >= 0.6 is 27.3 Å². The summed E-state index contributed by atoms with van der Waals surface area (Å²) in [7, 11) is 0. The molecule has 3 aromatic rings. The second-order valence-corrected chi connectivity index (χ2v) is 7.24. The lowest BCUT2D eigenvalue weighted by molar-refractivity contribution is 0.104. The predicted octanol–water partition coefficient (Wildman–Crippen LogP) is 5.51. The number of thiophene rings is 1. The molecule has 0 unspecified atom stereocenters. The molecule has 3 heteroatoms. The number of benzene rings is 2. The van der Waals surface area contributed by atoms with Gasteiger partial charge in [-0.05, 0) is 57.7 Å². The molecule has 3 rings (SSSR count). The maximum absolute atomic E-state index is 12.7. The van der Waals surface area contributed by atoms with Crippen molar-refractivity contribution in [2.45, 2.75) is 13.8 Å². The van der Waals surface area contributed by atoms with Gasteiger partial charge in [0.15, 0.2) is 0 Å². The molecule has 0 spiro atoms. The Hall–Kier alpha value is -1.45. The maximum Gasteiger partial charge on any atom is 0.203 e. The fourth-order valence-electron chi connectivity index (χ4n) is 2.35. The highest BCUT2D eigenvalue weighted by molar-refractivity contribution is 9.11. The van der Waals surface area contributed by atoms with Crippen LogP contribution in [0, 0.1) is 13.8 Å². The van der Waals surface area contributed by atoms with Crippen molar-refractivity contribution in [3.8, 4) is 0 Å². The summed E-state index contributed by atoms with van der Waals surface area (Å²) in [5.41, 5.74) is 3.08. The molecular formula is C17H13BrOS. The van der Waals surface area contributed by atoms with Gasteiger partial charge in [0.25, 0.3) is 0 Å². The van der Waals surface area contributed by atoms with Crippen molar-refractivity contribution in [2.75, 3.05) is 0 Å². The van der Waals surface area contributed by atoms with Crippen LogP contribution in [0.25, 0.3) is 10.8 Å². The number of halogens is 1. The van der Waals surface area contributed by atoms with Gasteiger partial charge in [0.2, 0.25) is 5.78 Å². The van der Waals surface area contributed by atoms with Crippen LogP contribution in [-0.2, 0) is 0 Å². The van der Waals surface area contributed by atoms with Gasteiger partial charge in [-0.25, -0.2) is 0 Å². The summed E-state index contributed by atoms with van der Waals surface area (Å²) < 4.78 is 1.03. The summed E-state index contributed by atoms with van der Waals surface area (Å²) in [6.07, 6.45) is 0. The monoisotopic (exact) mass is 344 g/mol. The van der Waals surface area contributed by atoms with E-state index in [0.717, 1.165) is 30.6 Å². The molecule has 100 valence electrons. The van der Waals surface area contributed by atoms with E-state index in [4.69, 9.17) is 0 Å². The third-order valence-corrected chi connectivity index (χ3v) is 5.60. The molecule has 2 aromatic carbocycles. The molecule has 0 atom stereocenters. The van der Waals surface area contributed by atoms with E-state index >= 15 is 0 Å². The molecule has 1 nitrogen and oxygen atoms in total. The number of hydrogen-bond donors (Lipinski definition) is 0. The lowest BCUT2D eigenvalue weighted by Crippen LogP contribution is -2.00. The Labute approximate surface area is 130 Å². The third kappa shape index (κ3) is 2.21. The smallest absolute Gasteiger partial charge is 0.203 e. The van der Waals surface area contributed by atoms with Crippen LogP contribution in [0.2, 0.25) is 0 Å². The van der Waals surface area contributed by atoms with Gasteiger partial charge in [-0.3, -0.25) is 4.79 Å². The van der Waals surface area contributed by atoms with Crippen LogP contribution in [0.1, 0.15) is 26.4 Å². The molecular weight excluding hydrogens is 332 g/mol. The highest BCUT2D eigenvalue weighted by Gasteiger charge is 2.16. The molecule has 1 heterocycles. The Balaban J connectivity index is 2.20. The molecule has 0 aliphatic heterocycles. The number of aryl methyl sites for hydroxylation is 2. The molecule has 0 amide bonds. The van der Waals surface area contributed by atoms with Gasteiger partial charge < -0.3 is 0 Å². The summed E-state index contributed by atoms with van der Waals surface area (Å²) in [5.74, 6) is 0.0972. The number of carbonyl (C=O) groups excluding carboxylic acids is 1. The quantitative estimate of drug-likeness (QED) is 0.560. The van der Waals surface area contributed by atoms with Crippen LogP contribution in [0.5, 0.6) is 0 Å². The van der Waals surface area contributed by atoms with E-state index in [-0.39, 0.29) is 5.78 Å². The first kappa shape index (κ1) is 13.5. The minimum absolute atomic E-state index is 0.0972. The Morgan fingerprint density at radius 2 is 1.70 bits per heavy atom. The predicted molar refractivity (Wildman–Crippen MR) is 88.9 cm³/mol. The molecule has 0 bridgehead atoms. The number of rotatable bonds is 2. The molecule has 0 fully saturated rings. The second kappa shape index (κ2) is 5.15. The molecule has 20 heavy (non-hydrogen) atoms. The summed E-state index contributed by atoms with van der Waals surface area (Å²) in [4.78, 5) is 13.5. The fraction of sp³-hybridized carbons (Fsp3) is 0.118. The molecule has 0 saturated heterocycles. The summed E-state index contributed by atoms with van der Waals surface area (Å²) in [5, 5.41) is 2.17. The Morgan fingerprint density at radius 1 is 1.00 bits per heavy atom. The number of hydrogen-bond acceptors (Lipinski definition) is 2. The van der Waals surface area contributed by atoms with E-state index in [1.807, 2.05) is 43.3 Å². The van der Waals surface area contributed by atoms with Crippen molar-refractivity contribution in [3.63, 3.8) is 0 Å². The van der Waals surface area contributed by atoms with E-state index in [2.05, 4.69) is 28.9 Å². The molecule has 0 radical (unpaired) electrons.